The number of hydrogen-bond acceptors (Lipinski definition) is 3. The number of carbonyl (C=O) groups is 1. The highest BCUT2D eigenvalue weighted by Gasteiger charge is 2.68. The van der Waals surface area contributed by atoms with Crippen LogP contribution in [-0.2, 0) is 15.1 Å². The molecule has 0 N–H and O–H groups in total. The number of benzene rings is 1. The van der Waals surface area contributed by atoms with Crippen molar-refractivity contribution in [3.63, 3.8) is 0 Å². The fourth-order valence-corrected chi connectivity index (χ4v) is 4.26. The second kappa shape index (κ2) is 4.61. The second-order valence-corrected chi connectivity index (χ2v) is 6.75. The van der Waals surface area contributed by atoms with Crippen molar-refractivity contribution >= 4 is 5.78 Å². The minimum absolute atomic E-state index is 0.0764. The lowest BCUT2D eigenvalue weighted by Gasteiger charge is -2.33. The van der Waals surface area contributed by atoms with Gasteiger partial charge in [0.15, 0.2) is 5.78 Å². The van der Waals surface area contributed by atoms with Crippen molar-refractivity contribution in [2.45, 2.75) is 51.6 Å². The molecule has 4 rings (SSSR count). The maximum atomic E-state index is 12.4. The van der Waals surface area contributed by atoms with Gasteiger partial charge in [-0.15, -0.1) is 0 Å². The van der Waals surface area contributed by atoms with Gasteiger partial charge in [-0.1, -0.05) is 12.1 Å². The van der Waals surface area contributed by atoms with E-state index in [1.54, 1.807) is 0 Å². The van der Waals surface area contributed by atoms with E-state index in [-0.39, 0.29) is 5.41 Å². The minimum atomic E-state index is -0.400. The molecule has 1 unspecified atom stereocenters. The van der Waals surface area contributed by atoms with Crippen LogP contribution in [0.2, 0.25) is 0 Å². The van der Waals surface area contributed by atoms with Gasteiger partial charge in [0.2, 0.25) is 0 Å². The zero-order chi connectivity index (χ0) is 15.4. The molecule has 1 aliphatic heterocycles. The van der Waals surface area contributed by atoms with Crippen LogP contribution >= 0.6 is 0 Å². The van der Waals surface area contributed by atoms with Gasteiger partial charge in [0, 0.05) is 23.8 Å². The average molecular weight is 298 g/mol. The Hall–Kier alpha value is -1.77. The van der Waals surface area contributed by atoms with E-state index in [1.807, 2.05) is 19.1 Å². The highest BCUT2D eigenvalue weighted by molar-refractivity contribution is 5.99. The molecule has 3 heteroatoms. The third kappa shape index (κ3) is 1.71. The Bertz CT molecular complexity index is 652. The third-order valence-electron chi connectivity index (χ3n) is 5.55. The predicted molar refractivity (Wildman–Crippen MR) is 83.6 cm³/mol. The summed E-state index contributed by atoms with van der Waals surface area (Å²) in [5.74, 6) is 2.16. The van der Waals surface area contributed by atoms with Gasteiger partial charge in [0.25, 0.3) is 0 Å². The zero-order valence-corrected chi connectivity index (χ0v) is 13.3. The Morgan fingerprint density at radius 1 is 1.18 bits per heavy atom. The van der Waals surface area contributed by atoms with Crippen LogP contribution in [0.25, 0.3) is 0 Å². The molecule has 0 radical (unpaired) electrons. The fraction of sp³-hybridized carbons (Fsp3) is 0.526. The predicted octanol–water partition coefficient (Wildman–Crippen LogP) is 4.12. The van der Waals surface area contributed by atoms with Crippen LogP contribution in [-0.4, -0.2) is 12.4 Å². The van der Waals surface area contributed by atoms with E-state index in [9.17, 15) is 4.79 Å². The van der Waals surface area contributed by atoms with Crippen molar-refractivity contribution in [1.82, 2.24) is 0 Å². The maximum Gasteiger partial charge on any atom is 0.162 e. The van der Waals surface area contributed by atoms with Crippen molar-refractivity contribution < 1.29 is 14.3 Å². The zero-order valence-electron chi connectivity index (χ0n) is 13.3. The van der Waals surface area contributed by atoms with Gasteiger partial charge in [-0.05, 0) is 50.8 Å². The highest BCUT2D eigenvalue weighted by atomic mass is 16.5. The van der Waals surface area contributed by atoms with Crippen LogP contribution in [0.5, 0.6) is 5.75 Å². The number of Topliss-reactive ketones (excluding diaryl/α,β-unsaturated/α-hetero) is 1. The normalized spacial score (nSPS) is 28.5. The number of fused-ring (bicyclic) bond motifs is 1. The van der Waals surface area contributed by atoms with Crippen molar-refractivity contribution in [2.75, 3.05) is 6.61 Å². The molecule has 3 nitrogen and oxygen atoms in total. The molecule has 1 aromatic rings. The molecule has 22 heavy (non-hydrogen) atoms. The van der Waals surface area contributed by atoms with Crippen LogP contribution in [0.1, 0.15) is 51.5 Å². The van der Waals surface area contributed by atoms with Gasteiger partial charge in [0.1, 0.15) is 17.1 Å². The highest BCUT2D eigenvalue weighted by Crippen LogP contribution is 2.70. The van der Waals surface area contributed by atoms with Crippen molar-refractivity contribution in [3.8, 4) is 5.75 Å². The Morgan fingerprint density at radius 3 is 2.55 bits per heavy atom. The first-order valence-corrected chi connectivity index (χ1v) is 8.30. The Kier molecular flexibility index (Phi) is 2.91. The standard InChI is InChI=1S/C19H22O3/c1-3-21-14-9-7-13(8-10-14)18(2)19(11-12-19)17-15(20)5-4-6-16(17)22-18/h7-10H,3-6,11-12H2,1-2H3. The van der Waals surface area contributed by atoms with E-state index in [2.05, 4.69) is 19.1 Å². The van der Waals surface area contributed by atoms with Crippen molar-refractivity contribution in [3.05, 3.63) is 41.2 Å². The largest absolute Gasteiger partial charge is 0.494 e. The van der Waals surface area contributed by atoms with Crippen LogP contribution in [0.3, 0.4) is 0 Å². The van der Waals surface area contributed by atoms with Gasteiger partial charge in [-0.3, -0.25) is 4.79 Å². The molecule has 3 aliphatic rings. The second-order valence-electron chi connectivity index (χ2n) is 6.75. The molecular formula is C19H22O3. The SMILES string of the molecule is CCOc1ccc(C2(C)OC3=C(C(=O)CCC3)C23CC3)cc1. The molecule has 0 aromatic heterocycles. The molecular weight excluding hydrogens is 276 g/mol. The average Bonchev–Trinajstić information content (AvgIpc) is 3.25. The number of hydrogen-bond donors (Lipinski definition) is 0. The number of ether oxygens (including phenoxy) is 2. The number of ketones is 1. The molecule has 2 aliphatic carbocycles. The van der Waals surface area contributed by atoms with Gasteiger partial charge < -0.3 is 9.47 Å². The Balaban J connectivity index is 1.72. The summed E-state index contributed by atoms with van der Waals surface area (Å²) in [6.45, 7) is 4.81. The summed E-state index contributed by atoms with van der Waals surface area (Å²) < 4.78 is 11.9. The van der Waals surface area contributed by atoms with Crippen LogP contribution < -0.4 is 4.74 Å². The molecule has 1 atom stereocenters. The van der Waals surface area contributed by atoms with Gasteiger partial charge in [0.05, 0.1) is 6.61 Å². The first kappa shape index (κ1) is 13.9. The summed E-state index contributed by atoms with van der Waals surface area (Å²) in [5, 5.41) is 0. The maximum absolute atomic E-state index is 12.4. The summed E-state index contributed by atoms with van der Waals surface area (Å²) in [6.07, 6.45) is 4.63. The number of rotatable bonds is 3. The summed E-state index contributed by atoms with van der Waals surface area (Å²) in [5.41, 5.74) is 1.68. The molecule has 1 fully saturated rings. The molecule has 1 heterocycles. The lowest BCUT2D eigenvalue weighted by molar-refractivity contribution is -0.116. The molecule has 1 saturated carbocycles. The van der Waals surface area contributed by atoms with Crippen LogP contribution in [0, 0.1) is 5.41 Å². The topological polar surface area (TPSA) is 35.5 Å². The van der Waals surface area contributed by atoms with Gasteiger partial charge in [-0.25, -0.2) is 0 Å². The van der Waals surface area contributed by atoms with E-state index in [0.29, 0.717) is 18.8 Å². The smallest absolute Gasteiger partial charge is 0.162 e. The molecule has 0 amide bonds. The molecule has 1 aromatic carbocycles. The molecule has 116 valence electrons. The van der Waals surface area contributed by atoms with E-state index < -0.39 is 5.60 Å². The molecule has 1 spiro atoms. The van der Waals surface area contributed by atoms with Gasteiger partial charge >= 0.3 is 0 Å². The Labute approximate surface area is 131 Å². The lowest BCUT2D eigenvalue weighted by Crippen LogP contribution is -2.33. The summed E-state index contributed by atoms with van der Waals surface area (Å²) in [4.78, 5) is 12.4. The number of carbonyl (C=O) groups excluding carboxylic acids is 1. The molecule has 0 bridgehead atoms. The quantitative estimate of drug-likeness (QED) is 0.842. The number of allylic oxidation sites excluding steroid dienone is 1. The summed E-state index contributed by atoms with van der Waals surface area (Å²) >= 11 is 0. The van der Waals surface area contributed by atoms with Crippen LogP contribution in [0.4, 0.5) is 0 Å². The van der Waals surface area contributed by atoms with E-state index in [1.165, 1.54) is 0 Å². The summed E-state index contributed by atoms with van der Waals surface area (Å²) in [7, 11) is 0. The fourth-order valence-electron chi connectivity index (χ4n) is 4.26. The lowest BCUT2D eigenvalue weighted by atomic mass is 9.74. The first-order chi connectivity index (χ1) is 10.6. The monoisotopic (exact) mass is 298 g/mol. The summed E-state index contributed by atoms with van der Waals surface area (Å²) in [6, 6.07) is 8.19. The van der Waals surface area contributed by atoms with Crippen molar-refractivity contribution in [2.24, 2.45) is 5.41 Å². The third-order valence-corrected chi connectivity index (χ3v) is 5.55. The first-order valence-electron chi connectivity index (χ1n) is 8.30. The van der Waals surface area contributed by atoms with Gasteiger partial charge in [-0.2, -0.15) is 0 Å². The van der Waals surface area contributed by atoms with E-state index in [4.69, 9.17) is 9.47 Å². The van der Waals surface area contributed by atoms with Crippen LogP contribution in [0.15, 0.2) is 35.6 Å². The van der Waals surface area contributed by atoms with E-state index >= 15 is 0 Å². The van der Waals surface area contributed by atoms with E-state index in [0.717, 1.165) is 48.3 Å². The molecule has 0 saturated heterocycles. The minimum Gasteiger partial charge on any atom is -0.494 e. The Morgan fingerprint density at radius 2 is 1.91 bits per heavy atom. The van der Waals surface area contributed by atoms with Crippen molar-refractivity contribution in [1.29, 1.82) is 0 Å².